The molecule has 1 N–H and O–H groups in total. The van der Waals surface area contributed by atoms with Crippen LogP contribution in [0, 0.1) is 5.92 Å². The Labute approximate surface area is 168 Å². The van der Waals surface area contributed by atoms with Crippen molar-refractivity contribution in [2.75, 3.05) is 19.6 Å². The quantitative estimate of drug-likeness (QED) is 0.814. The number of alkyl halides is 3. The van der Waals surface area contributed by atoms with E-state index in [9.17, 15) is 22.8 Å². The van der Waals surface area contributed by atoms with Gasteiger partial charge in [0.2, 0.25) is 11.8 Å². The number of carbonyl (C=O) groups is 2. The summed E-state index contributed by atoms with van der Waals surface area (Å²) < 4.78 is 38.7. The molecular weight excluding hydrogens is 383 g/mol. The molecule has 0 radical (unpaired) electrons. The van der Waals surface area contributed by atoms with Crippen LogP contribution in [0.4, 0.5) is 13.2 Å². The first-order chi connectivity index (χ1) is 13.8. The van der Waals surface area contributed by atoms with Gasteiger partial charge in [-0.3, -0.25) is 9.59 Å². The van der Waals surface area contributed by atoms with Crippen LogP contribution in [0.25, 0.3) is 0 Å². The lowest BCUT2D eigenvalue weighted by atomic mass is 10.0. The van der Waals surface area contributed by atoms with Crippen LogP contribution in [0.5, 0.6) is 0 Å². The summed E-state index contributed by atoms with van der Waals surface area (Å²) in [4.78, 5) is 28.9. The van der Waals surface area contributed by atoms with E-state index >= 15 is 0 Å². The van der Waals surface area contributed by atoms with E-state index in [4.69, 9.17) is 0 Å². The van der Waals surface area contributed by atoms with Crippen molar-refractivity contribution < 1.29 is 22.8 Å². The molecule has 158 valence electrons. The van der Waals surface area contributed by atoms with Crippen LogP contribution in [-0.2, 0) is 22.3 Å². The van der Waals surface area contributed by atoms with E-state index in [1.165, 1.54) is 23.8 Å². The van der Waals surface area contributed by atoms with Gasteiger partial charge >= 0.3 is 6.18 Å². The Kier molecular flexibility index (Phi) is 5.55. The van der Waals surface area contributed by atoms with Gasteiger partial charge in [0.1, 0.15) is 0 Å². The number of hydrogen-bond acceptors (Lipinski definition) is 3. The number of amides is 2. The van der Waals surface area contributed by atoms with Gasteiger partial charge in [0.25, 0.3) is 0 Å². The van der Waals surface area contributed by atoms with Gasteiger partial charge in [0.05, 0.1) is 11.5 Å². The fourth-order valence-electron chi connectivity index (χ4n) is 4.33. The highest BCUT2D eigenvalue weighted by molar-refractivity contribution is 5.89. The third kappa shape index (κ3) is 4.91. The predicted molar refractivity (Wildman–Crippen MR) is 101 cm³/mol. The molecule has 1 saturated carbocycles. The predicted octanol–water partition coefficient (Wildman–Crippen LogP) is 2.80. The SMILES string of the molecule is O=C(NC1CCN(C2CC2)CC1)[C@@H]1CC(=O)N(Cc2cccc(C(F)(F)F)c2)C1. The zero-order valence-electron chi connectivity index (χ0n) is 16.3. The summed E-state index contributed by atoms with van der Waals surface area (Å²) >= 11 is 0. The van der Waals surface area contributed by atoms with Crippen molar-refractivity contribution in [3.05, 3.63) is 35.4 Å². The molecule has 0 spiro atoms. The molecule has 2 amide bonds. The molecule has 0 aromatic heterocycles. The number of nitrogens with zero attached hydrogens (tertiary/aromatic N) is 2. The van der Waals surface area contributed by atoms with Crippen molar-refractivity contribution in [1.29, 1.82) is 0 Å². The van der Waals surface area contributed by atoms with Gasteiger partial charge in [-0.25, -0.2) is 0 Å². The molecule has 4 rings (SSSR count). The van der Waals surface area contributed by atoms with E-state index < -0.39 is 17.7 Å². The van der Waals surface area contributed by atoms with Crippen molar-refractivity contribution in [3.63, 3.8) is 0 Å². The maximum absolute atomic E-state index is 12.9. The smallest absolute Gasteiger partial charge is 0.353 e. The van der Waals surface area contributed by atoms with Crippen LogP contribution in [0.1, 0.15) is 43.2 Å². The van der Waals surface area contributed by atoms with Crippen LogP contribution in [0.2, 0.25) is 0 Å². The Balaban J connectivity index is 1.29. The molecule has 0 unspecified atom stereocenters. The molecule has 3 fully saturated rings. The van der Waals surface area contributed by atoms with Crippen LogP contribution in [-0.4, -0.2) is 53.3 Å². The van der Waals surface area contributed by atoms with E-state index in [-0.39, 0.29) is 37.4 Å². The number of halogens is 3. The summed E-state index contributed by atoms with van der Waals surface area (Å²) in [5.41, 5.74) is -0.310. The van der Waals surface area contributed by atoms with Crippen LogP contribution >= 0.6 is 0 Å². The Morgan fingerprint density at radius 1 is 1.14 bits per heavy atom. The standard InChI is InChI=1S/C21H26F3N3O2/c22-21(23,24)16-3-1-2-14(10-16)12-27-13-15(11-19(27)28)20(29)25-17-6-8-26(9-7-17)18-4-5-18/h1-3,10,15,17-18H,4-9,11-13H2,(H,25,29)/t15-/m1/s1. The van der Waals surface area contributed by atoms with Gasteiger partial charge in [-0.15, -0.1) is 0 Å². The minimum Gasteiger partial charge on any atom is -0.353 e. The summed E-state index contributed by atoms with van der Waals surface area (Å²) in [7, 11) is 0. The number of nitrogens with one attached hydrogen (secondary N) is 1. The molecule has 3 aliphatic rings. The fraction of sp³-hybridized carbons (Fsp3) is 0.619. The Hall–Kier alpha value is -2.09. The summed E-state index contributed by atoms with van der Waals surface area (Å²) in [5, 5.41) is 3.08. The Bertz CT molecular complexity index is 771. The maximum atomic E-state index is 12.9. The average molecular weight is 409 g/mol. The molecule has 2 saturated heterocycles. The summed E-state index contributed by atoms with van der Waals surface area (Å²) in [5.74, 6) is -0.740. The van der Waals surface area contributed by atoms with E-state index in [1.54, 1.807) is 6.07 Å². The third-order valence-electron chi connectivity index (χ3n) is 6.15. The highest BCUT2D eigenvalue weighted by Crippen LogP contribution is 2.31. The van der Waals surface area contributed by atoms with E-state index in [2.05, 4.69) is 10.2 Å². The second kappa shape index (κ2) is 7.97. The zero-order valence-corrected chi connectivity index (χ0v) is 16.3. The van der Waals surface area contributed by atoms with Crippen LogP contribution in [0.15, 0.2) is 24.3 Å². The lowest BCUT2D eigenvalue weighted by Crippen LogP contribution is -2.47. The number of carbonyl (C=O) groups excluding carboxylic acids is 2. The van der Waals surface area contributed by atoms with Crippen molar-refractivity contribution in [2.45, 2.75) is 56.9 Å². The first kappa shape index (κ1) is 20.2. The molecule has 1 aliphatic carbocycles. The summed E-state index contributed by atoms with van der Waals surface area (Å²) in [6.45, 7) is 2.34. The number of rotatable bonds is 5. The topological polar surface area (TPSA) is 52.7 Å². The van der Waals surface area contributed by atoms with Crippen molar-refractivity contribution >= 4 is 11.8 Å². The molecule has 1 atom stereocenters. The molecule has 2 heterocycles. The number of likely N-dealkylation sites (tertiary alicyclic amines) is 2. The van der Waals surface area contributed by atoms with Gasteiger partial charge in [-0.2, -0.15) is 13.2 Å². The van der Waals surface area contributed by atoms with Gasteiger partial charge in [0, 0.05) is 44.7 Å². The normalized spacial score (nSPS) is 24.2. The van der Waals surface area contributed by atoms with E-state index in [1.807, 2.05) is 0 Å². The molecule has 1 aromatic rings. The van der Waals surface area contributed by atoms with Crippen molar-refractivity contribution in [1.82, 2.24) is 15.1 Å². The molecule has 8 heteroatoms. The van der Waals surface area contributed by atoms with Crippen LogP contribution in [0.3, 0.4) is 0 Å². The fourth-order valence-corrected chi connectivity index (χ4v) is 4.33. The first-order valence-corrected chi connectivity index (χ1v) is 10.3. The lowest BCUT2D eigenvalue weighted by molar-refractivity contribution is -0.137. The minimum atomic E-state index is -4.41. The number of piperidine rings is 1. The van der Waals surface area contributed by atoms with E-state index in [0.717, 1.165) is 44.1 Å². The summed E-state index contributed by atoms with van der Waals surface area (Å²) in [6.07, 6.45) is 0.119. The molecule has 5 nitrogen and oxygen atoms in total. The minimum absolute atomic E-state index is 0.0896. The maximum Gasteiger partial charge on any atom is 0.416 e. The third-order valence-corrected chi connectivity index (χ3v) is 6.15. The van der Waals surface area contributed by atoms with Crippen LogP contribution < -0.4 is 5.32 Å². The molecule has 29 heavy (non-hydrogen) atoms. The highest BCUT2D eigenvalue weighted by atomic mass is 19.4. The van der Waals surface area contributed by atoms with E-state index in [0.29, 0.717) is 5.56 Å². The number of hydrogen-bond donors (Lipinski definition) is 1. The van der Waals surface area contributed by atoms with Gasteiger partial charge < -0.3 is 15.1 Å². The molecular formula is C21H26F3N3O2. The highest BCUT2D eigenvalue weighted by Gasteiger charge is 2.37. The Morgan fingerprint density at radius 3 is 2.52 bits per heavy atom. The second-order valence-corrected chi connectivity index (χ2v) is 8.42. The average Bonchev–Trinajstić information content (AvgIpc) is 3.46. The molecule has 2 aliphatic heterocycles. The monoisotopic (exact) mass is 409 g/mol. The largest absolute Gasteiger partial charge is 0.416 e. The summed E-state index contributed by atoms with van der Waals surface area (Å²) in [6, 6.07) is 5.88. The Morgan fingerprint density at radius 2 is 1.86 bits per heavy atom. The van der Waals surface area contributed by atoms with Crippen molar-refractivity contribution in [2.24, 2.45) is 5.92 Å². The van der Waals surface area contributed by atoms with Gasteiger partial charge in [0.15, 0.2) is 0 Å². The zero-order chi connectivity index (χ0) is 20.6. The van der Waals surface area contributed by atoms with Gasteiger partial charge in [-0.05, 0) is 43.4 Å². The first-order valence-electron chi connectivity index (χ1n) is 10.3. The lowest BCUT2D eigenvalue weighted by Gasteiger charge is -2.32. The second-order valence-electron chi connectivity index (χ2n) is 8.42. The van der Waals surface area contributed by atoms with Crippen molar-refractivity contribution in [3.8, 4) is 0 Å². The number of benzene rings is 1. The van der Waals surface area contributed by atoms with Gasteiger partial charge in [-0.1, -0.05) is 12.1 Å². The molecule has 1 aromatic carbocycles. The molecule has 0 bridgehead atoms.